The third-order valence-electron chi connectivity index (χ3n) is 6.23. The number of hydrogen-bond donors (Lipinski definition) is 3. The van der Waals surface area contributed by atoms with Gasteiger partial charge in [0.2, 0.25) is 11.8 Å². The third-order valence-corrected chi connectivity index (χ3v) is 6.51. The number of aromatic hydroxyl groups is 1. The molecule has 0 unspecified atom stereocenters. The minimum Gasteiger partial charge on any atom is -0.494 e. The Morgan fingerprint density at radius 2 is 1.92 bits per heavy atom. The molecule has 2 aromatic carbocycles. The van der Waals surface area contributed by atoms with E-state index in [9.17, 15) is 19.1 Å². The number of allylic oxidation sites excluding steroid dienone is 1. The van der Waals surface area contributed by atoms with Crippen molar-refractivity contribution in [3.8, 4) is 11.6 Å². The number of aromatic nitrogens is 2. The number of H-pyrrole nitrogens is 1. The maximum absolute atomic E-state index is 14.5. The predicted octanol–water partition coefficient (Wildman–Crippen LogP) is 4.04. The van der Waals surface area contributed by atoms with Crippen molar-refractivity contribution in [3.63, 3.8) is 0 Å². The molecule has 3 N–H and O–H groups in total. The van der Waals surface area contributed by atoms with Gasteiger partial charge >= 0.3 is 0 Å². The lowest BCUT2D eigenvalue weighted by Crippen LogP contribution is -2.26. The average Bonchev–Trinajstić information content (AvgIpc) is 3.22. The highest BCUT2D eigenvalue weighted by atomic mass is 32.1. The molecule has 7 nitrogen and oxygen atoms in total. The van der Waals surface area contributed by atoms with E-state index in [1.54, 1.807) is 6.07 Å². The molecule has 37 heavy (non-hydrogen) atoms. The molecule has 0 saturated heterocycles. The van der Waals surface area contributed by atoms with Gasteiger partial charge in [0.25, 0.3) is 5.56 Å². The Hall–Kier alpha value is -3.85. The molecule has 4 rings (SSSR count). The van der Waals surface area contributed by atoms with Gasteiger partial charge in [-0.15, -0.1) is 0 Å². The summed E-state index contributed by atoms with van der Waals surface area (Å²) in [5.74, 6) is -1.08. The lowest BCUT2D eigenvalue weighted by Gasteiger charge is -2.13. The molecule has 1 aliphatic rings. The first kappa shape index (κ1) is 26.2. The quantitative estimate of drug-likeness (QED) is 0.278. The van der Waals surface area contributed by atoms with Gasteiger partial charge in [0.15, 0.2) is 4.77 Å². The summed E-state index contributed by atoms with van der Waals surface area (Å²) < 4.78 is 15.4. The Morgan fingerprint density at radius 3 is 2.70 bits per heavy atom. The molecule has 1 aromatic heterocycles. The van der Waals surface area contributed by atoms with Crippen molar-refractivity contribution in [2.24, 2.45) is 4.99 Å². The van der Waals surface area contributed by atoms with E-state index < -0.39 is 17.3 Å². The number of hydrogen-bond acceptors (Lipinski definition) is 5. The molecule has 0 spiro atoms. The van der Waals surface area contributed by atoms with Crippen LogP contribution in [0.25, 0.3) is 17.3 Å². The number of nitrogens with one attached hydrogen (secondary N) is 2. The number of para-hydroxylation sites is 2. The number of carbonyl (C=O) groups excluding carboxylic acids is 1. The van der Waals surface area contributed by atoms with Crippen LogP contribution in [0.4, 0.5) is 4.39 Å². The maximum atomic E-state index is 14.5. The monoisotopic (exact) mass is 520 g/mol. The number of carbonyl (C=O) groups is 1. The summed E-state index contributed by atoms with van der Waals surface area (Å²) in [4.78, 5) is 32.2. The summed E-state index contributed by atoms with van der Waals surface area (Å²) in [6.07, 6.45) is 6.59. The molecule has 0 aliphatic carbocycles. The first-order valence-electron chi connectivity index (χ1n) is 12.4. The van der Waals surface area contributed by atoms with Gasteiger partial charge in [-0.2, -0.15) is 0 Å². The van der Waals surface area contributed by atoms with Crippen LogP contribution < -0.4 is 21.5 Å². The summed E-state index contributed by atoms with van der Waals surface area (Å²) in [7, 11) is 0. The van der Waals surface area contributed by atoms with Crippen molar-refractivity contribution in [1.82, 2.24) is 14.9 Å². The minimum atomic E-state index is -0.617. The van der Waals surface area contributed by atoms with E-state index in [-0.39, 0.29) is 21.9 Å². The Bertz CT molecular complexity index is 1590. The van der Waals surface area contributed by atoms with Gasteiger partial charge in [-0.05, 0) is 54.9 Å². The van der Waals surface area contributed by atoms with Crippen LogP contribution in [0, 0.1) is 10.6 Å². The fourth-order valence-electron chi connectivity index (χ4n) is 4.33. The van der Waals surface area contributed by atoms with E-state index in [1.165, 1.54) is 24.3 Å². The van der Waals surface area contributed by atoms with Gasteiger partial charge in [0, 0.05) is 18.2 Å². The second-order valence-corrected chi connectivity index (χ2v) is 9.22. The highest BCUT2D eigenvalue weighted by Gasteiger charge is 2.19. The maximum Gasteiger partial charge on any atom is 0.262 e. The molecule has 0 bridgehead atoms. The number of rotatable bonds is 10. The number of benzene rings is 2. The van der Waals surface area contributed by atoms with Crippen molar-refractivity contribution >= 4 is 29.8 Å². The second-order valence-electron chi connectivity index (χ2n) is 8.83. The van der Waals surface area contributed by atoms with E-state index in [0.717, 1.165) is 46.4 Å². The number of fused-ring (bicyclic) bond motifs is 1. The lowest BCUT2D eigenvalue weighted by atomic mass is 10.1. The summed E-state index contributed by atoms with van der Waals surface area (Å²) in [5, 5.41) is 15.6. The lowest BCUT2D eigenvalue weighted by molar-refractivity contribution is -0.121. The van der Waals surface area contributed by atoms with Crippen LogP contribution >= 0.6 is 12.2 Å². The fraction of sp³-hybridized carbons (Fsp3) is 0.286. The van der Waals surface area contributed by atoms with Crippen LogP contribution in [0.2, 0.25) is 0 Å². The highest BCUT2D eigenvalue weighted by Crippen LogP contribution is 2.26. The average molecular weight is 521 g/mol. The van der Waals surface area contributed by atoms with Crippen molar-refractivity contribution in [2.45, 2.75) is 45.4 Å². The first-order valence-corrected chi connectivity index (χ1v) is 12.8. The Balaban J connectivity index is 1.66. The Morgan fingerprint density at radius 1 is 1.16 bits per heavy atom. The SMILES string of the molecule is CCCCCCC(=O)NCCC1=c2ccccc2=NC1=Cc1c(O)n(-c2ccccc2F)c(=S)[nH]c1=O. The van der Waals surface area contributed by atoms with E-state index in [1.807, 2.05) is 24.3 Å². The third kappa shape index (κ3) is 5.94. The molecule has 1 amide bonds. The van der Waals surface area contributed by atoms with Gasteiger partial charge in [-0.25, -0.2) is 9.38 Å². The smallest absolute Gasteiger partial charge is 0.262 e. The first-order chi connectivity index (χ1) is 17.9. The number of amides is 1. The minimum absolute atomic E-state index is 0.00602. The number of aromatic amines is 1. The number of nitrogens with zero attached hydrogens (tertiary/aromatic N) is 2. The van der Waals surface area contributed by atoms with Gasteiger partial charge in [0.05, 0.1) is 16.7 Å². The van der Waals surface area contributed by atoms with Crippen LogP contribution in [-0.4, -0.2) is 27.1 Å². The molecule has 0 saturated carbocycles. The number of halogens is 1. The summed E-state index contributed by atoms with van der Waals surface area (Å²) in [6.45, 7) is 2.54. The van der Waals surface area contributed by atoms with E-state index in [0.29, 0.717) is 25.1 Å². The summed E-state index contributed by atoms with van der Waals surface area (Å²) >= 11 is 5.21. The van der Waals surface area contributed by atoms with Crippen molar-refractivity contribution in [1.29, 1.82) is 0 Å². The molecule has 1 aliphatic heterocycles. The Labute approximate surface area is 218 Å². The van der Waals surface area contributed by atoms with Crippen LogP contribution in [-0.2, 0) is 4.79 Å². The standard InChI is InChI=1S/C28H29FN4O3S/c1-2-3-4-5-14-25(34)30-16-15-19-18-10-6-8-12-22(18)31-23(19)17-20-26(35)32-28(37)33(27(20)36)24-13-9-7-11-21(24)29/h6-13,17,36H,2-5,14-16H2,1H3,(H,30,34)(H,32,35,37). The molecular weight excluding hydrogens is 491 g/mol. The van der Waals surface area contributed by atoms with Gasteiger partial charge < -0.3 is 10.4 Å². The fourth-order valence-corrected chi connectivity index (χ4v) is 4.61. The van der Waals surface area contributed by atoms with Crippen LogP contribution in [0.15, 0.2) is 64.0 Å². The zero-order chi connectivity index (χ0) is 26.4. The van der Waals surface area contributed by atoms with Gasteiger partial charge in [-0.1, -0.05) is 56.5 Å². The number of unbranched alkanes of at least 4 members (excludes halogenated alkanes) is 3. The van der Waals surface area contributed by atoms with E-state index >= 15 is 0 Å². The van der Waals surface area contributed by atoms with Crippen LogP contribution in [0.5, 0.6) is 5.88 Å². The van der Waals surface area contributed by atoms with Crippen molar-refractivity contribution in [2.75, 3.05) is 6.54 Å². The van der Waals surface area contributed by atoms with Crippen LogP contribution in [0.1, 0.15) is 51.0 Å². The van der Waals surface area contributed by atoms with Gasteiger partial charge in [0.1, 0.15) is 11.4 Å². The zero-order valence-electron chi connectivity index (χ0n) is 20.6. The largest absolute Gasteiger partial charge is 0.494 e. The molecule has 0 fully saturated rings. The molecular formula is C28H29FN4O3S. The second kappa shape index (κ2) is 11.9. The van der Waals surface area contributed by atoms with E-state index in [4.69, 9.17) is 12.2 Å². The molecule has 0 radical (unpaired) electrons. The molecule has 2 heterocycles. The predicted molar refractivity (Wildman–Crippen MR) is 144 cm³/mol. The summed E-state index contributed by atoms with van der Waals surface area (Å²) in [5.41, 5.74) is 0.615. The molecule has 9 heteroatoms. The topological polar surface area (TPSA) is 99.5 Å². The molecule has 192 valence electrons. The van der Waals surface area contributed by atoms with Crippen molar-refractivity contribution in [3.05, 3.63) is 91.3 Å². The van der Waals surface area contributed by atoms with Crippen LogP contribution in [0.3, 0.4) is 0 Å². The highest BCUT2D eigenvalue weighted by molar-refractivity contribution is 7.71. The molecule has 3 aromatic rings. The molecule has 0 atom stereocenters. The Kier molecular flexibility index (Phi) is 8.45. The van der Waals surface area contributed by atoms with Gasteiger partial charge in [-0.3, -0.25) is 19.1 Å². The zero-order valence-corrected chi connectivity index (χ0v) is 21.4. The van der Waals surface area contributed by atoms with E-state index in [2.05, 4.69) is 22.2 Å². The van der Waals surface area contributed by atoms with Crippen molar-refractivity contribution < 1.29 is 14.3 Å². The normalized spacial score (nSPS) is 13.5. The summed E-state index contributed by atoms with van der Waals surface area (Å²) in [6, 6.07) is 13.4.